The molecule has 3 rings (SSSR count). The Bertz CT molecular complexity index is 551. The highest BCUT2D eigenvalue weighted by Crippen LogP contribution is 2.33. The first-order valence-corrected chi connectivity index (χ1v) is 6.51. The molecule has 2 N–H and O–H groups in total. The maximum atomic E-state index is 3.62. The van der Waals surface area contributed by atoms with E-state index in [0.717, 1.165) is 13.0 Å². The molecule has 0 spiro atoms. The first-order chi connectivity index (χ1) is 8.16. The third-order valence-electron chi connectivity index (χ3n) is 3.81. The van der Waals surface area contributed by atoms with Crippen LogP contribution < -0.4 is 5.32 Å². The molecule has 1 aliphatic heterocycles. The first-order valence-electron chi connectivity index (χ1n) is 6.51. The summed E-state index contributed by atoms with van der Waals surface area (Å²) in [5.41, 5.74) is 5.57. The Labute approximate surface area is 102 Å². The van der Waals surface area contributed by atoms with Crippen molar-refractivity contribution >= 4 is 10.9 Å². The van der Waals surface area contributed by atoms with Crippen molar-refractivity contribution in [3.8, 4) is 0 Å². The summed E-state index contributed by atoms with van der Waals surface area (Å²) in [5, 5.41) is 5.04. The number of hydrogen-bond donors (Lipinski definition) is 2. The Morgan fingerprint density at radius 1 is 1.29 bits per heavy atom. The highest BCUT2D eigenvalue weighted by atomic mass is 15.0. The van der Waals surface area contributed by atoms with Crippen LogP contribution in [0, 0.1) is 12.8 Å². The van der Waals surface area contributed by atoms with E-state index < -0.39 is 0 Å². The molecule has 0 fully saturated rings. The van der Waals surface area contributed by atoms with Crippen molar-refractivity contribution in [1.29, 1.82) is 0 Å². The van der Waals surface area contributed by atoms with Crippen molar-refractivity contribution in [3.63, 3.8) is 0 Å². The van der Waals surface area contributed by atoms with Gasteiger partial charge in [-0.15, -0.1) is 0 Å². The van der Waals surface area contributed by atoms with Gasteiger partial charge in [-0.2, -0.15) is 0 Å². The Morgan fingerprint density at radius 3 is 2.88 bits per heavy atom. The smallest absolute Gasteiger partial charge is 0.0499 e. The lowest BCUT2D eigenvalue weighted by molar-refractivity contribution is 0.389. The van der Waals surface area contributed by atoms with E-state index in [-0.39, 0.29) is 0 Å². The van der Waals surface area contributed by atoms with Gasteiger partial charge in [-0.25, -0.2) is 0 Å². The number of hydrogen-bond acceptors (Lipinski definition) is 1. The van der Waals surface area contributed by atoms with E-state index in [1.165, 1.54) is 27.7 Å². The second kappa shape index (κ2) is 3.88. The van der Waals surface area contributed by atoms with Crippen molar-refractivity contribution in [2.24, 2.45) is 5.92 Å². The van der Waals surface area contributed by atoms with Crippen LogP contribution >= 0.6 is 0 Å². The van der Waals surface area contributed by atoms with Crippen LogP contribution in [0.5, 0.6) is 0 Å². The van der Waals surface area contributed by atoms with Crippen LogP contribution in [0.1, 0.15) is 36.7 Å². The minimum absolute atomic E-state index is 0.478. The lowest BCUT2D eigenvalue weighted by atomic mass is 9.92. The number of H-pyrrole nitrogens is 1. The molecule has 1 aromatic carbocycles. The molecule has 17 heavy (non-hydrogen) atoms. The molecule has 0 bridgehead atoms. The number of aryl methyl sites for hydroxylation is 1. The molecule has 1 atom stereocenters. The van der Waals surface area contributed by atoms with E-state index >= 15 is 0 Å². The summed E-state index contributed by atoms with van der Waals surface area (Å²) in [6, 6.07) is 7.18. The lowest BCUT2D eigenvalue weighted by Crippen LogP contribution is -2.32. The molecule has 0 saturated carbocycles. The second-order valence-electron chi connectivity index (χ2n) is 5.49. The van der Waals surface area contributed by atoms with Crippen molar-refractivity contribution in [3.05, 3.63) is 35.0 Å². The van der Waals surface area contributed by atoms with Gasteiger partial charge >= 0.3 is 0 Å². The zero-order chi connectivity index (χ0) is 12.0. The molecular formula is C15H20N2. The van der Waals surface area contributed by atoms with Gasteiger partial charge in [-0.3, -0.25) is 0 Å². The van der Waals surface area contributed by atoms with Gasteiger partial charge in [0.2, 0.25) is 0 Å². The zero-order valence-corrected chi connectivity index (χ0v) is 10.8. The van der Waals surface area contributed by atoms with Gasteiger partial charge in [0.25, 0.3) is 0 Å². The topological polar surface area (TPSA) is 27.8 Å². The summed E-state index contributed by atoms with van der Waals surface area (Å²) >= 11 is 0. The van der Waals surface area contributed by atoms with Crippen molar-refractivity contribution < 1.29 is 0 Å². The quantitative estimate of drug-likeness (QED) is 0.770. The monoisotopic (exact) mass is 228 g/mol. The summed E-state index contributed by atoms with van der Waals surface area (Å²) in [6.07, 6.45) is 1.14. The first kappa shape index (κ1) is 10.8. The summed E-state index contributed by atoms with van der Waals surface area (Å²) in [6.45, 7) is 7.82. The fraction of sp³-hybridized carbons (Fsp3) is 0.467. The molecule has 0 amide bonds. The van der Waals surface area contributed by atoms with Crippen LogP contribution in [0.25, 0.3) is 10.9 Å². The van der Waals surface area contributed by atoms with Crippen LogP contribution in [0.3, 0.4) is 0 Å². The van der Waals surface area contributed by atoms with Gasteiger partial charge in [0.1, 0.15) is 0 Å². The van der Waals surface area contributed by atoms with Crippen LogP contribution in [-0.2, 0) is 6.42 Å². The molecular weight excluding hydrogens is 208 g/mol. The third-order valence-corrected chi connectivity index (χ3v) is 3.81. The maximum absolute atomic E-state index is 3.62. The second-order valence-corrected chi connectivity index (χ2v) is 5.49. The molecule has 0 saturated heterocycles. The summed E-state index contributed by atoms with van der Waals surface area (Å²) in [4.78, 5) is 3.61. The molecule has 90 valence electrons. The van der Waals surface area contributed by atoms with Crippen molar-refractivity contribution in [2.75, 3.05) is 6.54 Å². The number of nitrogens with one attached hydrogen (secondary N) is 2. The van der Waals surface area contributed by atoms with E-state index in [4.69, 9.17) is 0 Å². The van der Waals surface area contributed by atoms with Gasteiger partial charge in [0.05, 0.1) is 0 Å². The Morgan fingerprint density at radius 2 is 2.12 bits per heavy atom. The zero-order valence-electron chi connectivity index (χ0n) is 10.8. The highest BCUT2D eigenvalue weighted by Gasteiger charge is 2.25. The third kappa shape index (κ3) is 1.67. The number of aromatic amines is 1. The normalized spacial score (nSPS) is 19.9. The van der Waals surface area contributed by atoms with Crippen LogP contribution in [-0.4, -0.2) is 11.5 Å². The fourth-order valence-electron chi connectivity index (χ4n) is 2.94. The van der Waals surface area contributed by atoms with E-state index in [1.807, 2.05) is 0 Å². The molecule has 2 heterocycles. The molecule has 1 unspecified atom stereocenters. The Balaban J connectivity index is 2.22. The van der Waals surface area contributed by atoms with Gasteiger partial charge in [0.15, 0.2) is 0 Å². The Kier molecular flexibility index (Phi) is 2.48. The molecule has 0 radical (unpaired) electrons. The molecule has 1 aliphatic rings. The molecule has 1 aromatic heterocycles. The van der Waals surface area contributed by atoms with Crippen LogP contribution in [0.15, 0.2) is 18.2 Å². The summed E-state index contributed by atoms with van der Waals surface area (Å²) < 4.78 is 0. The van der Waals surface area contributed by atoms with Gasteiger partial charge in [-0.1, -0.05) is 25.5 Å². The lowest BCUT2D eigenvalue weighted by Gasteiger charge is -2.27. The van der Waals surface area contributed by atoms with Crippen LogP contribution in [0.2, 0.25) is 0 Å². The minimum Gasteiger partial charge on any atom is -0.357 e. The van der Waals surface area contributed by atoms with E-state index in [9.17, 15) is 0 Å². The maximum Gasteiger partial charge on any atom is 0.0499 e. The SMILES string of the molecule is Cc1ccc2[nH]c3c(c2c1)CCNC3C(C)C. The number of rotatable bonds is 1. The number of benzene rings is 1. The fourth-order valence-corrected chi connectivity index (χ4v) is 2.94. The summed E-state index contributed by atoms with van der Waals surface area (Å²) in [7, 11) is 0. The molecule has 2 nitrogen and oxygen atoms in total. The summed E-state index contributed by atoms with van der Waals surface area (Å²) in [5.74, 6) is 0.628. The highest BCUT2D eigenvalue weighted by molar-refractivity contribution is 5.85. The molecule has 0 aliphatic carbocycles. The van der Waals surface area contributed by atoms with Crippen LogP contribution in [0.4, 0.5) is 0 Å². The molecule has 2 heteroatoms. The minimum atomic E-state index is 0.478. The average Bonchev–Trinajstić information content (AvgIpc) is 2.66. The number of fused-ring (bicyclic) bond motifs is 3. The Hall–Kier alpha value is -1.28. The van der Waals surface area contributed by atoms with Gasteiger partial charge < -0.3 is 10.3 Å². The van der Waals surface area contributed by atoms with E-state index in [1.54, 1.807) is 0 Å². The average molecular weight is 228 g/mol. The van der Waals surface area contributed by atoms with Gasteiger partial charge in [-0.05, 0) is 43.5 Å². The van der Waals surface area contributed by atoms with E-state index in [0.29, 0.717) is 12.0 Å². The van der Waals surface area contributed by atoms with Crippen molar-refractivity contribution in [2.45, 2.75) is 33.2 Å². The largest absolute Gasteiger partial charge is 0.357 e. The van der Waals surface area contributed by atoms with Crippen molar-refractivity contribution in [1.82, 2.24) is 10.3 Å². The molecule has 2 aromatic rings. The standard InChI is InChI=1S/C15H20N2/c1-9(2)14-15-11(6-7-16-14)12-8-10(3)4-5-13(12)17-15/h4-5,8-9,14,16-17H,6-7H2,1-3H3. The predicted molar refractivity (Wildman–Crippen MR) is 72.3 cm³/mol. The van der Waals surface area contributed by atoms with E-state index in [2.05, 4.69) is 49.3 Å². The predicted octanol–water partition coefficient (Wildman–Crippen LogP) is 3.32. The number of aromatic nitrogens is 1. The van der Waals surface area contributed by atoms with Gasteiger partial charge in [0, 0.05) is 22.6 Å².